The molecule has 1 atom stereocenters. The van der Waals surface area contributed by atoms with Gasteiger partial charge in [0.05, 0.1) is 6.54 Å². The highest BCUT2D eigenvalue weighted by molar-refractivity contribution is 7.12. The number of aryl methyl sites for hydroxylation is 2. The van der Waals surface area contributed by atoms with Crippen molar-refractivity contribution < 1.29 is 4.42 Å². The van der Waals surface area contributed by atoms with E-state index in [1.807, 2.05) is 0 Å². The first-order valence-corrected chi connectivity index (χ1v) is 6.59. The van der Waals surface area contributed by atoms with E-state index in [4.69, 9.17) is 16.0 Å². The maximum Gasteiger partial charge on any atom is 0.315 e. The Morgan fingerprint density at radius 2 is 2.24 bits per heavy atom. The molecule has 2 aromatic rings. The van der Waals surface area contributed by atoms with Crippen LogP contribution in [0.3, 0.4) is 0 Å². The molecule has 17 heavy (non-hydrogen) atoms. The first kappa shape index (κ1) is 12.4. The Morgan fingerprint density at radius 1 is 1.47 bits per heavy atom. The van der Waals surface area contributed by atoms with Crippen molar-refractivity contribution in [2.24, 2.45) is 0 Å². The van der Waals surface area contributed by atoms with E-state index in [0.717, 1.165) is 0 Å². The van der Waals surface area contributed by atoms with Gasteiger partial charge in [-0.15, -0.1) is 28.0 Å². The van der Waals surface area contributed by atoms with Crippen LogP contribution in [0.1, 0.15) is 33.5 Å². The summed E-state index contributed by atoms with van der Waals surface area (Å²) in [6, 6.07) is 2.57. The Kier molecular flexibility index (Phi) is 3.69. The summed E-state index contributed by atoms with van der Waals surface area (Å²) >= 11 is 7.60. The number of anilines is 1. The van der Waals surface area contributed by atoms with E-state index in [2.05, 4.69) is 35.4 Å². The monoisotopic (exact) mass is 271 g/mol. The average molecular weight is 272 g/mol. The zero-order valence-electron chi connectivity index (χ0n) is 9.95. The number of aromatic nitrogens is 2. The third-order valence-electron chi connectivity index (χ3n) is 2.41. The van der Waals surface area contributed by atoms with Gasteiger partial charge in [0.1, 0.15) is 5.38 Å². The van der Waals surface area contributed by atoms with Crippen molar-refractivity contribution >= 4 is 29.0 Å². The molecule has 0 spiro atoms. The van der Waals surface area contributed by atoms with E-state index in [-0.39, 0.29) is 5.38 Å². The highest BCUT2D eigenvalue weighted by Crippen LogP contribution is 2.22. The summed E-state index contributed by atoms with van der Waals surface area (Å²) in [5, 5.41) is 10.5. The van der Waals surface area contributed by atoms with Gasteiger partial charge in [0.25, 0.3) is 0 Å². The number of thiophene rings is 1. The van der Waals surface area contributed by atoms with Crippen LogP contribution in [0, 0.1) is 13.8 Å². The fourth-order valence-corrected chi connectivity index (χ4v) is 2.45. The second-order valence-electron chi connectivity index (χ2n) is 3.87. The molecule has 0 aliphatic carbocycles. The Labute approximate surface area is 109 Å². The van der Waals surface area contributed by atoms with Crippen molar-refractivity contribution in [3.8, 4) is 0 Å². The van der Waals surface area contributed by atoms with Gasteiger partial charge < -0.3 is 9.73 Å². The third kappa shape index (κ3) is 2.98. The Bertz CT molecular complexity index is 487. The van der Waals surface area contributed by atoms with Crippen molar-refractivity contribution in [3.05, 3.63) is 27.3 Å². The van der Waals surface area contributed by atoms with Gasteiger partial charge in [0.15, 0.2) is 0 Å². The van der Waals surface area contributed by atoms with Crippen molar-refractivity contribution in [1.82, 2.24) is 10.2 Å². The van der Waals surface area contributed by atoms with Crippen LogP contribution in [0.25, 0.3) is 0 Å². The Morgan fingerprint density at radius 3 is 2.76 bits per heavy atom. The molecule has 0 fully saturated rings. The molecule has 0 amide bonds. The summed E-state index contributed by atoms with van der Waals surface area (Å²) in [5.41, 5.74) is 1.31. The number of alkyl halides is 1. The number of hydrogen-bond donors (Lipinski definition) is 1. The highest BCUT2D eigenvalue weighted by Gasteiger charge is 2.11. The molecule has 1 unspecified atom stereocenters. The lowest BCUT2D eigenvalue weighted by Gasteiger charge is -1.97. The van der Waals surface area contributed by atoms with E-state index < -0.39 is 0 Å². The molecule has 92 valence electrons. The van der Waals surface area contributed by atoms with Crippen molar-refractivity contribution in [3.63, 3.8) is 0 Å². The summed E-state index contributed by atoms with van der Waals surface area (Å²) in [4.78, 5) is 2.58. The van der Waals surface area contributed by atoms with Crippen molar-refractivity contribution in [2.45, 2.75) is 32.7 Å². The van der Waals surface area contributed by atoms with Gasteiger partial charge in [0, 0.05) is 9.75 Å². The topological polar surface area (TPSA) is 51.0 Å². The van der Waals surface area contributed by atoms with Crippen LogP contribution < -0.4 is 5.32 Å². The molecular weight excluding hydrogens is 258 g/mol. The molecule has 1 N–H and O–H groups in total. The maximum atomic E-state index is 5.84. The lowest BCUT2D eigenvalue weighted by molar-refractivity contribution is 0.506. The first-order chi connectivity index (χ1) is 8.06. The van der Waals surface area contributed by atoms with Gasteiger partial charge in [-0.2, -0.15) is 0 Å². The van der Waals surface area contributed by atoms with Crippen LogP contribution >= 0.6 is 22.9 Å². The molecule has 2 rings (SSSR count). The summed E-state index contributed by atoms with van der Waals surface area (Å²) in [6.07, 6.45) is 0. The van der Waals surface area contributed by atoms with E-state index >= 15 is 0 Å². The molecule has 2 heterocycles. The van der Waals surface area contributed by atoms with Crippen LogP contribution in [-0.4, -0.2) is 10.2 Å². The van der Waals surface area contributed by atoms with E-state index in [0.29, 0.717) is 18.5 Å². The lowest BCUT2D eigenvalue weighted by atomic mass is 10.3. The van der Waals surface area contributed by atoms with Crippen LogP contribution in [0.5, 0.6) is 0 Å². The largest absolute Gasteiger partial charge is 0.406 e. The highest BCUT2D eigenvalue weighted by atomic mass is 35.5. The molecule has 0 radical (unpaired) electrons. The quantitative estimate of drug-likeness (QED) is 0.862. The van der Waals surface area contributed by atoms with E-state index in [9.17, 15) is 0 Å². The number of halogens is 1. The van der Waals surface area contributed by atoms with Crippen molar-refractivity contribution in [1.29, 1.82) is 0 Å². The smallest absolute Gasteiger partial charge is 0.315 e. The minimum Gasteiger partial charge on any atom is -0.406 e. The van der Waals surface area contributed by atoms with Gasteiger partial charge in [-0.25, -0.2) is 0 Å². The molecule has 0 aliphatic heterocycles. The van der Waals surface area contributed by atoms with Gasteiger partial charge >= 0.3 is 6.01 Å². The number of hydrogen-bond acceptors (Lipinski definition) is 5. The summed E-state index contributed by atoms with van der Waals surface area (Å²) in [6.45, 7) is 6.71. The summed E-state index contributed by atoms with van der Waals surface area (Å²) in [5.74, 6) is 0.438. The molecule has 0 bridgehead atoms. The van der Waals surface area contributed by atoms with Crippen LogP contribution in [0.15, 0.2) is 10.5 Å². The number of nitrogens with zero attached hydrogens (tertiary/aromatic N) is 2. The summed E-state index contributed by atoms with van der Waals surface area (Å²) < 4.78 is 5.34. The predicted octanol–water partition coefficient (Wildman–Crippen LogP) is 3.66. The number of nitrogens with one attached hydrogen (secondary N) is 1. The zero-order chi connectivity index (χ0) is 12.4. The van der Waals surface area contributed by atoms with Gasteiger partial charge in [-0.1, -0.05) is 5.10 Å². The second kappa shape index (κ2) is 5.06. The first-order valence-electron chi connectivity index (χ1n) is 5.33. The molecule has 2 aromatic heterocycles. The number of rotatable bonds is 4. The van der Waals surface area contributed by atoms with Gasteiger partial charge in [0.2, 0.25) is 5.89 Å². The SMILES string of the molecule is Cc1cc(CNc2nnc(C(C)Cl)o2)sc1C. The van der Waals surface area contributed by atoms with Gasteiger partial charge in [-0.05, 0) is 32.4 Å². The fourth-order valence-electron chi connectivity index (χ4n) is 1.37. The van der Waals surface area contributed by atoms with Gasteiger partial charge in [-0.3, -0.25) is 0 Å². The Hall–Kier alpha value is -1.07. The van der Waals surface area contributed by atoms with Crippen molar-refractivity contribution in [2.75, 3.05) is 5.32 Å². The van der Waals surface area contributed by atoms with Crippen LogP contribution in [-0.2, 0) is 6.54 Å². The fraction of sp³-hybridized carbons (Fsp3) is 0.455. The van der Waals surface area contributed by atoms with E-state index in [1.54, 1.807) is 18.3 Å². The molecule has 0 saturated carbocycles. The minimum absolute atomic E-state index is 0.260. The molecule has 0 saturated heterocycles. The lowest BCUT2D eigenvalue weighted by Crippen LogP contribution is -1.97. The minimum atomic E-state index is -0.260. The normalized spacial score (nSPS) is 12.7. The molecular formula is C11H14ClN3OS. The molecule has 0 aromatic carbocycles. The second-order valence-corrected chi connectivity index (χ2v) is 5.86. The summed E-state index contributed by atoms with van der Waals surface area (Å²) in [7, 11) is 0. The van der Waals surface area contributed by atoms with Crippen LogP contribution in [0.2, 0.25) is 0 Å². The molecule has 4 nitrogen and oxygen atoms in total. The maximum absolute atomic E-state index is 5.84. The Balaban J connectivity index is 1.97. The zero-order valence-corrected chi connectivity index (χ0v) is 11.5. The van der Waals surface area contributed by atoms with E-state index in [1.165, 1.54) is 15.3 Å². The average Bonchev–Trinajstić information content (AvgIpc) is 2.84. The molecule has 6 heteroatoms. The van der Waals surface area contributed by atoms with Crippen LogP contribution in [0.4, 0.5) is 6.01 Å². The molecule has 0 aliphatic rings. The predicted molar refractivity (Wildman–Crippen MR) is 69.7 cm³/mol. The standard InChI is InChI=1S/C11H14ClN3OS/c1-6-4-9(17-8(6)3)5-13-11-15-14-10(16-11)7(2)12/h4,7H,5H2,1-3H3,(H,13,15). The third-order valence-corrected chi connectivity index (χ3v) is 3.75.